The zero-order valence-electron chi connectivity index (χ0n) is 11.3. The second kappa shape index (κ2) is 5.86. The van der Waals surface area contributed by atoms with Gasteiger partial charge < -0.3 is 9.29 Å². The highest BCUT2D eigenvalue weighted by Crippen LogP contribution is 2.25. The summed E-state index contributed by atoms with van der Waals surface area (Å²) in [6.45, 7) is 7.39. The largest absolute Gasteiger partial charge is 0.598 e. The van der Waals surface area contributed by atoms with Gasteiger partial charge in [-0.25, -0.2) is 9.37 Å². The highest BCUT2D eigenvalue weighted by molar-refractivity contribution is 7.90. The lowest BCUT2D eigenvalue weighted by Crippen LogP contribution is -2.40. The van der Waals surface area contributed by atoms with Crippen LogP contribution in [0.1, 0.15) is 39.3 Å². The van der Waals surface area contributed by atoms with E-state index in [9.17, 15) is 8.94 Å². The van der Waals surface area contributed by atoms with Crippen molar-refractivity contribution in [1.82, 2.24) is 9.71 Å². The first-order chi connectivity index (χ1) is 8.25. The number of hydrogen-bond acceptors (Lipinski definition) is 4. The minimum absolute atomic E-state index is 0.316. The summed E-state index contributed by atoms with van der Waals surface area (Å²) >= 11 is -1.24. The van der Waals surface area contributed by atoms with Crippen molar-refractivity contribution in [2.24, 2.45) is 0 Å². The molecule has 1 aromatic rings. The number of rotatable bonds is 4. The Bertz CT molecular complexity index is 410. The molecule has 6 heteroatoms. The Balaban J connectivity index is 2.90. The summed E-state index contributed by atoms with van der Waals surface area (Å²) in [5.74, 6) is -0.108. The van der Waals surface area contributed by atoms with Gasteiger partial charge in [0.15, 0.2) is 0 Å². The van der Waals surface area contributed by atoms with E-state index in [1.165, 1.54) is 13.2 Å². The van der Waals surface area contributed by atoms with Crippen molar-refractivity contribution >= 4 is 11.4 Å². The molecule has 1 aromatic heterocycles. The van der Waals surface area contributed by atoms with Crippen molar-refractivity contribution in [3.63, 3.8) is 0 Å². The number of halogens is 1. The van der Waals surface area contributed by atoms with Crippen LogP contribution in [-0.2, 0) is 11.4 Å². The average Bonchev–Trinajstić information content (AvgIpc) is 2.27. The molecule has 0 fully saturated rings. The van der Waals surface area contributed by atoms with Crippen LogP contribution in [0.15, 0.2) is 12.3 Å². The van der Waals surface area contributed by atoms with Gasteiger partial charge in [0.05, 0.1) is 19.3 Å². The molecule has 1 N–H and O–H groups in total. The Morgan fingerprint density at radius 1 is 1.50 bits per heavy atom. The smallest absolute Gasteiger partial charge is 0.218 e. The molecule has 1 heterocycles. The predicted octanol–water partition coefficient (Wildman–Crippen LogP) is 2.34. The van der Waals surface area contributed by atoms with Crippen LogP contribution >= 0.6 is 0 Å². The molecule has 0 aliphatic rings. The summed E-state index contributed by atoms with van der Waals surface area (Å²) < 4.78 is 32.8. The second-order valence-corrected chi connectivity index (χ2v) is 6.97. The molecule has 0 aromatic carbocycles. The van der Waals surface area contributed by atoms with Gasteiger partial charge in [-0.05, 0) is 33.8 Å². The summed E-state index contributed by atoms with van der Waals surface area (Å²) in [6.07, 6.45) is 1.09. The lowest BCUT2D eigenvalue weighted by atomic mass is 10.1. The number of nitrogens with zero attached hydrogens (tertiary/aromatic N) is 1. The molecule has 102 valence electrons. The Kier molecular flexibility index (Phi) is 4.95. The van der Waals surface area contributed by atoms with Gasteiger partial charge in [0.25, 0.3) is 0 Å². The molecule has 0 radical (unpaired) electrons. The van der Waals surface area contributed by atoms with Gasteiger partial charge in [-0.2, -0.15) is 0 Å². The molecule has 2 atom stereocenters. The van der Waals surface area contributed by atoms with Crippen molar-refractivity contribution in [1.29, 1.82) is 0 Å². The summed E-state index contributed by atoms with van der Waals surface area (Å²) in [5, 5.41) is 0. The van der Waals surface area contributed by atoms with Crippen LogP contribution in [0.3, 0.4) is 0 Å². The highest BCUT2D eigenvalue weighted by Gasteiger charge is 2.29. The summed E-state index contributed by atoms with van der Waals surface area (Å²) in [7, 11) is 1.47. The van der Waals surface area contributed by atoms with Gasteiger partial charge in [-0.1, -0.05) is 0 Å². The molecule has 0 saturated heterocycles. The molecular formula is C12H19FN2O2S. The second-order valence-electron chi connectivity index (χ2n) is 4.97. The molecule has 0 saturated carbocycles. The zero-order valence-corrected chi connectivity index (χ0v) is 12.1. The number of nitrogens with one attached hydrogen (secondary N) is 1. The number of hydrogen-bond donors (Lipinski definition) is 1. The van der Waals surface area contributed by atoms with Crippen molar-refractivity contribution in [3.05, 3.63) is 23.6 Å². The van der Waals surface area contributed by atoms with Crippen LogP contribution in [0.4, 0.5) is 4.39 Å². The molecule has 0 unspecified atom stereocenters. The summed E-state index contributed by atoms with van der Waals surface area (Å²) in [6, 6.07) is 1.02. The molecular weight excluding hydrogens is 255 g/mol. The molecule has 0 spiro atoms. The number of aromatic nitrogens is 1. The van der Waals surface area contributed by atoms with E-state index in [2.05, 4.69) is 9.71 Å². The van der Waals surface area contributed by atoms with Crippen LogP contribution < -0.4 is 9.46 Å². The molecule has 0 bridgehead atoms. The highest BCUT2D eigenvalue weighted by atomic mass is 32.2. The quantitative estimate of drug-likeness (QED) is 0.856. The fourth-order valence-electron chi connectivity index (χ4n) is 1.32. The van der Waals surface area contributed by atoms with Gasteiger partial charge in [-0.15, -0.1) is 4.72 Å². The third kappa shape index (κ3) is 3.83. The minimum atomic E-state index is -1.24. The van der Waals surface area contributed by atoms with Crippen molar-refractivity contribution in [2.75, 3.05) is 7.11 Å². The van der Waals surface area contributed by atoms with Gasteiger partial charge in [0.2, 0.25) is 5.88 Å². The third-order valence-electron chi connectivity index (χ3n) is 2.35. The summed E-state index contributed by atoms with van der Waals surface area (Å²) in [5.41, 5.74) is 0.551. The van der Waals surface area contributed by atoms with Crippen LogP contribution in [0, 0.1) is 5.82 Å². The van der Waals surface area contributed by atoms with Crippen molar-refractivity contribution < 1.29 is 13.7 Å². The van der Waals surface area contributed by atoms with Crippen LogP contribution in [-0.4, -0.2) is 21.4 Å². The monoisotopic (exact) mass is 274 g/mol. The van der Waals surface area contributed by atoms with E-state index in [1.807, 2.05) is 20.8 Å². The maximum absolute atomic E-state index is 13.2. The Morgan fingerprint density at radius 2 is 2.11 bits per heavy atom. The zero-order chi connectivity index (χ0) is 13.9. The molecule has 1 rings (SSSR count). The number of pyridine rings is 1. The predicted molar refractivity (Wildman–Crippen MR) is 70.2 cm³/mol. The lowest BCUT2D eigenvalue weighted by Gasteiger charge is -2.26. The molecule has 0 aliphatic carbocycles. The van der Waals surface area contributed by atoms with E-state index in [-0.39, 0.29) is 10.8 Å². The maximum atomic E-state index is 13.2. The SMILES string of the molecule is COc1ncc(F)cc1[C@H](C)N[S@@+]([O-])C(C)(C)C. The van der Waals surface area contributed by atoms with E-state index in [0.29, 0.717) is 11.4 Å². The van der Waals surface area contributed by atoms with Crippen LogP contribution in [0.2, 0.25) is 0 Å². The summed E-state index contributed by atoms with van der Waals surface area (Å²) in [4.78, 5) is 3.85. The van der Waals surface area contributed by atoms with E-state index >= 15 is 0 Å². The maximum Gasteiger partial charge on any atom is 0.218 e. The van der Waals surface area contributed by atoms with Crippen LogP contribution in [0.5, 0.6) is 5.88 Å². The molecule has 4 nitrogen and oxygen atoms in total. The first-order valence-electron chi connectivity index (χ1n) is 5.63. The molecule has 18 heavy (non-hydrogen) atoms. The van der Waals surface area contributed by atoms with Gasteiger partial charge in [0, 0.05) is 16.9 Å². The Hall–Kier alpha value is -0.850. The van der Waals surface area contributed by atoms with E-state index in [4.69, 9.17) is 4.74 Å². The first kappa shape index (κ1) is 15.2. The van der Waals surface area contributed by atoms with E-state index in [0.717, 1.165) is 6.20 Å². The van der Waals surface area contributed by atoms with Crippen molar-refractivity contribution in [2.45, 2.75) is 38.5 Å². The number of methoxy groups -OCH3 is 1. The van der Waals surface area contributed by atoms with Crippen LogP contribution in [0.25, 0.3) is 0 Å². The average molecular weight is 274 g/mol. The fraction of sp³-hybridized carbons (Fsp3) is 0.583. The van der Waals surface area contributed by atoms with E-state index in [1.54, 1.807) is 6.92 Å². The Labute approximate surface area is 110 Å². The molecule has 0 amide bonds. The van der Waals surface area contributed by atoms with Gasteiger partial charge in [0.1, 0.15) is 10.6 Å². The first-order valence-corrected chi connectivity index (χ1v) is 6.78. The van der Waals surface area contributed by atoms with Gasteiger partial charge in [-0.3, -0.25) is 0 Å². The van der Waals surface area contributed by atoms with Crippen molar-refractivity contribution in [3.8, 4) is 5.88 Å². The minimum Gasteiger partial charge on any atom is -0.598 e. The standard InChI is InChI=1S/C12H19FN2O2S/c1-8(15-18(16)12(2,3)4)10-6-9(13)7-14-11(10)17-5/h6-8,15H,1-5H3/t8-,18-/m0/s1. The third-order valence-corrected chi connectivity index (χ3v) is 4.03. The topological polar surface area (TPSA) is 57.2 Å². The fourth-order valence-corrected chi connectivity index (χ4v) is 2.13. The number of ether oxygens (including phenoxy) is 1. The van der Waals surface area contributed by atoms with Gasteiger partial charge >= 0.3 is 0 Å². The molecule has 0 aliphatic heterocycles. The normalized spacial score (nSPS) is 15.3. The lowest BCUT2D eigenvalue weighted by molar-refractivity contribution is 0.385. The van der Waals surface area contributed by atoms with E-state index < -0.39 is 17.2 Å². The Morgan fingerprint density at radius 3 is 2.61 bits per heavy atom.